The molecule has 0 saturated heterocycles. The Kier molecular flexibility index (Phi) is 4.56. The van der Waals surface area contributed by atoms with Crippen LogP contribution in [0.25, 0.3) is 10.9 Å². The number of methoxy groups -OCH3 is 1. The van der Waals surface area contributed by atoms with E-state index in [0.717, 1.165) is 23.6 Å². The summed E-state index contributed by atoms with van der Waals surface area (Å²) in [5, 5.41) is 1.18. The molecule has 3 rings (SSSR count). The van der Waals surface area contributed by atoms with E-state index < -0.39 is 0 Å². The van der Waals surface area contributed by atoms with Gasteiger partial charge in [-0.15, -0.1) is 0 Å². The van der Waals surface area contributed by atoms with Crippen LogP contribution in [0.1, 0.15) is 19.4 Å². The van der Waals surface area contributed by atoms with E-state index in [2.05, 4.69) is 54.9 Å². The van der Waals surface area contributed by atoms with Crippen molar-refractivity contribution in [1.82, 2.24) is 4.57 Å². The lowest BCUT2D eigenvalue weighted by Crippen LogP contribution is -2.03. The van der Waals surface area contributed by atoms with E-state index in [4.69, 9.17) is 9.47 Å². The van der Waals surface area contributed by atoms with Crippen LogP contribution >= 0.6 is 0 Å². The average molecular weight is 309 g/mol. The van der Waals surface area contributed by atoms with Gasteiger partial charge in [-0.25, -0.2) is 0 Å². The maximum Gasteiger partial charge on any atom is 0.162 e. The van der Waals surface area contributed by atoms with Crippen molar-refractivity contribution in [2.45, 2.75) is 27.0 Å². The van der Waals surface area contributed by atoms with Gasteiger partial charge in [0.15, 0.2) is 11.5 Å². The van der Waals surface area contributed by atoms with Gasteiger partial charge in [0.1, 0.15) is 6.61 Å². The van der Waals surface area contributed by atoms with Crippen LogP contribution in [0.15, 0.2) is 54.7 Å². The molecule has 0 fully saturated rings. The number of hydrogen-bond donors (Lipinski definition) is 0. The van der Waals surface area contributed by atoms with Gasteiger partial charge in [-0.2, -0.15) is 0 Å². The minimum atomic E-state index is 0.537. The van der Waals surface area contributed by atoms with Crippen LogP contribution in [0.3, 0.4) is 0 Å². The van der Waals surface area contributed by atoms with Crippen molar-refractivity contribution in [3.8, 4) is 11.5 Å². The molecule has 3 nitrogen and oxygen atoms in total. The van der Waals surface area contributed by atoms with E-state index in [9.17, 15) is 0 Å². The van der Waals surface area contributed by atoms with E-state index in [1.807, 2.05) is 18.2 Å². The lowest BCUT2D eigenvalue weighted by molar-refractivity contribution is 0.285. The van der Waals surface area contributed by atoms with Crippen LogP contribution < -0.4 is 9.47 Å². The quantitative estimate of drug-likeness (QED) is 0.647. The maximum absolute atomic E-state index is 5.98. The Labute approximate surface area is 137 Å². The molecule has 0 bridgehead atoms. The van der Waals surface area contributed by atoms with Crippen LogP contribution in [-0.4, -0.2) is 11.7 Å². The highest BCUT2D eigenvalue weighted by Crippen LogP contribution is 2.33. The number of hydrogen-bond acceptors (Lipinski definition) is 2. The smallest absolute Gasteiger partial charge is 0.162 e. The Bertz CT molecular complexity index is 775. The third-order valence-corrected chi connectivity index (χ3v) is 3.86. The van der Waals surface area contributed by atoms with Crippen LogP contribution in [0, 0.1) is 5.92 Å². The van der Waals surface area contributed by atoms with Crippen molar-refractivity contribution in [1.29, 1.82) is 0 Å². The van der Waals surface area contributed by atoms with E-state index in [1.165, 1.54) is 10.9 Å². The number of rotatable bonds is 6. The summed E-state index contributed by atoms with van der Waals surface area (Å²) in [7, 11) is 1.69. The molecule has 0 spiro atoms. The molecule has 0 unspecified atom stereocenters. The SMILES string of the molecule is COc1cc2c(ccn2CC(C)C)cc1OCc1ccccc1. The lowest BCUT2D eigenvalue weighted by Gasteiger charge is -2.13. The highest BCUT2D eigenvalue weighted by molar-refractivity contribution is 5.84. The predicted molar refractivity (Wildman–Crippen MR) is 94.1 cm³/mol. The second kappa shape index (κ2) is 6.78. The second-order valence-corrected chi connectivity index (χ2v) is 6.20. The third kappa shape index (κ3) is 3.50. The molecule has 3 heteroatoms. The normalized spacial score (nSPS) is 11.1. The van der Waals surface area contributed by atoms with Gasteiger partial charge in [0.25, 0.3) is 0 Å². The molecule has 23 heavy (non-hydrogen) atoms. The number of benzene rings is 2. The summed E-state index contributed by atoms with van der Waals surface area (Å²) >= 11 is 0. The Morgan fingerprint density at radius 3 is 2.48 bits per heavy atom. The summed E-state index contributed by atoms with van der Waals surface area (Å²) in [6.45, 7) is 5.98. The zero-order valence-electron chi connectivity index (χ0n) is 14.0. The first-order valence-corrected chi connectivity index (χ1v) is 8.01. The summed E-state index contributed by atoms with van der Waals surface area (Å²) in [5.41, 5.74) is 2.33. The van der Waals surface area contributed by atoms with Crippen LogP contribution in [0.2, 0.25) is 0 Å². The molecule has 0 N–H and O–H groups in total. The minimum Gasteiger partial charge on any atom is -0.493 e. The van der Waals surface area contributed by atoms with Crippen LogP contribution in [0.5, 0.6) is 11.5 Å². The Balaban J connectivity index is 1.88. The highest BCUT2D eigenvalue weighted by atomic mass is 16.5. The van der Waals surface area contributed by atoms with Crippen molar-refractivity contribution in [3.63, 3.8) is 0 Å². The summed E-state index contributed by atoms with van der Waals surface area (Å²) in [5.74, 6) is 2.16. The molecule has 1 aromatic heterocycles. The molecule has 2 aromatic carbocycles. The number of nitrogens with zero attached hydrogens (tertiary/aromatic N) is 1. The van der Waals surface area contributed by atoms with Gasteiger partial charge >= 0.3 is 0 Å². The molecule has 1 heterocycles. The summed E-state index contributed by atoms with van der Waals surface area (Å²) < 4.78 is 13.8. The largest absolute Gasteiger partial charge is 0.493 e. The Hall–Kier alpha value is -2.42. The molecule has 0 radical (unpaired) electrons. The molecular weight excluding hydrogens is 286 g/mol. The average Bonchev–Trinajstić information content (AvgIpc) is 2.94. The van der Waals surface area contributed by atoms with Crippen molar-refractivity contribution >= 4 is 10.9 Å². The summed E-state index contributed by atoms with van der Waals surface area (Å²) in [6, 6.07) is 16.4. The minimum absolute atomic E-state index is 0.537. The van der Waals surface area contributed by atoms with Crippen molar-refractivity contribution in [2.24, 2.45) is 5.92 Å². The Morgan fingerprint density at radius 2 is 1.78 bits per heavy atom. The molecule has 0 aliphatic heterocycles. The predicted octanol–water partition coefficient (Wildman–Crippen LogP) is 4.88. The van der Waals surface area contributed by atoms with Gasteiger partial charge in [-0.3, -0.25) is 0 Å². The van der Waals surface area contributed by atoms with Crippen LogP contribution in [-0.2, 0) is 13.2 Å². The summed E-state index contributed by atoms with van der Waals surface area (Å²) in [4.78, 5) is 0. The fourth-order valence-electron chi connectivity index (χ4n) is 2.76. The van der Waals surface area contributed by atoms with E-state index in [1.54, 1.807) is 7.11 Å². The second-order valence-electron chi connectivity index (χ2n) is 6.20. The van der Waals surface area contributed by atoms with Crippen molar-refractivity contribution in [2.75, 3.05) is 7.11 Å². The first-order chi connectivity index (χ1) is 11.2. The Morgan fingerprint density at radius 1 is 1.00 bits per heavy atom. The van der Waals surface area contributed by atoms with Gasteiger partial charge in [-0.1, -0.05) is 44.2 Å². The topological polar surface area (TPSA) is 23.4 Å². The molecular formula is C20H23NO2. The number of ether oxygens (including phenoxy) is 2. The first-order valence-electron chi connectivity index (χ1n) is 8.01. The first kappa shape index (κ1) is 15.5. The molecule has 0 saturated carbocycles. The molecule has 0 atom stereocenters. The molecule has 0 aliphatic carbocycles. The third-order valence-electron chi connectivity index (χ3n) is 3.86. The van der Waals surface area contributed by atoms with E-state index >= 15 is 0 Å². The van der Waals surface area contributed by atoms with Gasteiger partial charge in [0.2, 0.25) is 0 Å². The maximum atomic E-state index is 5.98. The highest BCUT2D eigenvalue weighted by Gasteiger charge is 2.11. The number of aromatic nitrogens is 1. The molecule has 0 aliphatic rings. The zero-order chi connectivity index (χ0) is 16.2. The monoisotopic (exact) mass is 309 g/mol. The van der Waals surface area contributed by atoms with E-state index in [-0.39, 0.29) is 0 Å². The molecule has 3 aromatic rings. The molecule has 0 amide bonds. The zero-order valence-corrected chi connectivity index (χ0v) is 14.0. The van der Waals surface area contributed by atoms with Gasteiger partial charge in [-0.05, 0) is 23.6 Å². The summed E-state index contributed by atoms with van der Waals surface area (Å²) in [6.07, 6.45) is 2.13. The van der Waals surface area contributed by atoms with Gasteiger partial charge in [0, 0.05) is 24.2 Å². The standard InChI is InChI=1S/C20H23NO2/c1-15(2)13-21-10-9-17-11-20(19(22-3)12-18(17)21)23-14-16-7-5-4-6-8-16/h4-12,15H,13-14H2,1-3H3. The van der Waals surface area contributed by atoms with Crippen molar-refractivity contribution in [3.05, 3.63) is 60.3 Å². The molecule has 120 valence electrons. The number of fused-ring (bicyclic) bond motifs is 1. The van der Waals surface area contributed by atoms with E-state index in [0.29, 0.717) is 12.5 Å². The van der Waals surface area contributed by atoms with Crippen molar-refractivity contribution < 1.29 is 9.47 Å². The van der Waals surface area contributed by atoms with Gasteiger partial charge < -0.3 is 14.0 Å². The fraction of sp³-hybridized carbons (Fsp3) is 0.300. The van der Waals surface area contributed by atoms with Crippen LogP contribution in [0.4, 0.5) is 0 Å². The van der Waals surface area contributed by atoms with Gasteiger partial charge in [0.05, 0.1) is 12.6 Å². The lowest BCUT2D eigenvalue weighted by atomic mass is 10.2. The fourth-order valence-corrected chi connectivity index (χ4v) is 2.76.